The summed E-state index contributed by atoms with van der Waals surface area (Å²) in [7, 11) is 0. The lowest BCUT2D eigenvalue weighted by Crippen LogP contribution is -1.99. The van der Waals surface area contributed by atoms with Gasteiger partial charge in [-0.1, -0.05) is 6.07 Å². The smallest absolute Gasteiger partial charge is 0.0317 e. The van der Waals surface area contributed by atoms with Crippen molar-refractivity contribution in [3.8, 4) is 0 Å². The number of benzene rings is 1. The Balaban J connectivity index is 0. The van der Waals surface area contributed by atoms with E-state index in [2.05, 4.69) is 0 Å². The first-order valence-corrected chi connectivity index (χ1v) is 3.29. The first kappa shape index (κ1) is 14.1. The van der Waals surface area contributed by atoms with Crippen molar-refractivity contribution in [2.75, 3.05) is 5.73 Å². The monoisotopic (exact) mass is 208 g/mol. The van der Waals surface area contributed by atoms with Crippen LogP contribution in [0.2, 0.25) is 0 Å². The lowest BCUT2D eigenvalue weighted by atomic mass is 10.1. The fourth-order valence-corrected chi connectivity index (χ4v) is 0.911. The van der Waals surface area contributed by atoms with Crippen LogP contribution in [0.25, 0.3) is 0 Å². The second kappa shape index (κ2) is 6.12. The van der Waals surface area contributed by atoms with Gasteiger partial charge in [0.25, 0.3) is 0 Å². The SMILES string of the molecule is Cc1ccc(N)cc1CN.Cl.Cl. The van der Waals surface area contributed by atoms with Crippen LogP contribution in [0.4, 0.5) is 5.69 Å². The zero-order valence-corrected chi connectivity index (χ0v) is 8.54. The highest BCUT2D eigenvalue weighted by Gasteiger charge is 1.94. The molecule has 0 saturated carbocycles. The van der Waals surface area contributed by atoms with Crippen LogP contribution in [0.1, 0.15) is 11.1 Å². The molecule has 0 bridgehead atoms. The Morgan fingerprint density at radius 2 is 1.83 bits per heavy atom. The second-order valence-electron chi connectivity index (χ2n) is 2.39. The highest BCUT2D eigenvalue weighted by atomic mass is 35.5. The molecule has 0 spiro atoms. The van der Waals surface area contributed by atoms with E-state index in [0.717, 1.165) is 11.3 Å². The van der Waals surface area contributed by atoms with Gasteiger partial charge in [0, 0.05) is 12.2 Å². The molecule has 2 nitrogen and oxygen atoms in total. The van der Waals surface area contributed by atoms with Gasteiger partial charge in [0.15, 0.2) is 0 Å². The van der Waals surface area contributed by atoms with Crippen LogP contribution in [0.15, 0.2) is 18.2 Å². The summed E-state index contributed by atoms with van der Waals surface area (Å²) in [5.74, 6) is 0. The molecular weight excluding hydrogens is 195 g/mol. The van der Waals surface area contributed by atoms with Gasteiger partial charge in [-0.05, 0) is 30.2 Å². The van der Waals surface area contributed by atoms with Crippen molar-refractivity contribution < 1.29 is 0 Å². The molecule has 4 heteroatoms. The van der Waals surface area contributed by atoms with E-state index in [4.69, 9.17) is 11.5 Å². The molecule has 0 amide bonds. The average molecular weight is 209 g/mol. The second-order valence-corrected chi connectivity index (χ2v) is 2.39. The van der Waals surface area contributed by atoms with Gasteiger partial charge in [-0.15, -0.1) is 24.8 Å². The molecule has 0 aliphatic rings. The molecule has 0 aromatic heterocycles. The Kier molecular flexibility index (Phi) is 7.19. The summed E-state index contributed by atoms with van der Waals surface area (Å²) in [6.45, 7) is 2.60. The van der Waals surface area contributed by atoms with Crippen molar-refractivity contribution >= 4 is 30.5 Å². The van der Waals surface area contributed by atoms with Gasteiger partial charge in [-0.2, -0.15) is 0 Å². The summed E-state index contributed by atoms with van der Waals surface area (Å²) in [4.78, 5) is 0. The number of hydrogen-bond donors (Lipinski definition) is 2. The Morgan fingerprint density at radius 1 is 1.25 bits per heavy atom. The van der Waals surface area contributed by atoms with Crippen molar-refractivity contribution in [1.82, 2.24) is 0 Å². The molecule has 0 atom stereocenters. The molecule has 1 aromatic rings. The van der Waals surface area contributed by atoms with Crippen LogP contribution in [0, 0.1) is 6.92 Å². The molecule has 12 heavy (non-hydrogen) atoms. The van der Waals surface area contributed by atoms with Crippen LogP contribution in [-0.2, 0) is 6.54 Å². The molecule has 0 heterocycles. The summed E-state index contributed by atoms with van der Waals surface area (Å²) in [5, 5.41) is 0. The number of rotatable bonds is 1. The van der Waals surface area contributed by atoms with E-state index in [1.54, 1.807) is 0 Å². The Bertz CT molecular complexity index is 238. The first-order chi connectivity index (χ1) is 4.74. The number of nitrogens with two attached hydrogens (primary N) is 2. The predicted molar refractivity (Wildman–Crippen MR) is 58.0 cm³/mol. The predicted octanol–water partition coefficient (Wildman–Crippen LogP) is 1.88. The summed E-state index contributed by atoms with van der Waals surface area (Å²) < 4.78 is 0. The standard InChI is InChI=1S/C8H12N2.2ClH/c1-6-2-3-8(10)4-7(6)5-9;;/h2-4H,5,9-10H2,1H3;2*1H. The number of halogens is 2. The number of anilines is 1. The highest BCUT2D eigenvalue weighted by Crippen LogP contribution is 2.10. The van der Waals surface area contributed by atoms with E-state index in [9.17, 15) is 0 Å². The molecule has 1 aromatic carbocycles. The van der Waals surface area contributed by atoms with E-state index < -0.39 is 0 Å². The minimum atomic E-state index is 0. The van der Waals surface area contributed by atoms with Crippen molar-refractivity contribution in [3.63, 3.8) is 0 Å². The largest absolute Gasteiger partial charge is 0.399 e. The molecular formula is C8H14Cl2N2. The topological polar surface area (TPSA) is 52.0 Å². The molecule has 70 valence electrons. The number of hydrogen-bond acceptors (Lipinski definition) is 2. The van der Waals surface area contributed by atoms with Crippen molar-refractivity contribution in [2.24, 2.45) is 5.73 Å². The lowest BCUT2D eigenvalue weighted by Gasteiger charge is -2.02. The van der Waals surface area contributed by atoms with Crippen molar-refractivity contribution in [1.29, 1.82) is 0 Å². The zero-order valence-electron chi connectivity index (χ0n) is 6.91. The fraction of sp³-hybridized carbons (Fsp3) is 0.250. The minimum absolute atomic E-state index is 0. The van der Waals surface area contributed by atoms with Gasteiger partial charge in [0.2, 0.25) is 0 Å². The minimum Gasteiger partial charge on any atom is -0.399 e. The van der Waals surface area contributed by atoms with Crippen LogP contribution in [0.3, 0.4) is 0 Å². The number of aryl methyl sites for hydroxylation is 1. The normalized spacial score (nSPS) is 8.17. The molecule has 0 fully saturated rings. The van der Waals surface area contributed by atoms with Crippen LogP contribution in [0.5, 0.6) is 0 Å². The van der Waals surface area contributed by atoms with Gasteiger partial charge in [-0.3, -0.25) is 0 Å². The van der Waals surface area contributed by atoms with E-state index in [1.807, 2.05) is 25.1 Å². The molecule has 0 saturated heterocycles. The van der Waals surface area contributed by atoms with Crippen LogP contribution in [-0.4, -0.2) is 0 Å². The quantitative estimate of drug-likeness (QED) is 0.694. The van der Waals surface area contributed by atoms with Gasteiger partial charge in [-0.25, -0.2) is 0 Å². The Hall–Kier alpha value is -0.440. The van der Waals surface area contributed by atoms with Crippen molar-refractivity contribution in [3.05, 3.63) is 29.3 Å². The number of nitrogen functional groups attached to an aromatic ring is 1. The van der Waals surface area contributed by atoms with E-state index in [-0.39, 0.29) is 24.8 Å². The summed E-state index contributed by atoms with van der Waals surface area (Å²) in [6.07, 6.45) is 0. The molecule has 0 radical (unpaired) electrons. The molecule has 0 aliphatic heterocycles. The van der Waals surface area contributed by atoms with E-state index in [0.29, 0.717) is 6.54 Å². The van der Waals surface area contributed by atoms with Gasteiger partial charge in [0.05, 0.1) is 0 Å². The summed E-state index contributed by atoms with van der Waals surface area (Å²) in [6, 6.07) is 5.78. The fourth-order valence-electron chi connectivity index (χ4n) is 0.911. The average Bonchev–Trinajstić information content (AvgIpc) is 1.94. The lowest BCUT2D eigenvalue weighted by molar-refractivity contribution is 1.05. The third-order valence-corrected chi connectivity index (χ3v) is 1.59. The third-order valence-electron chi connectivity index (χ3n) is 1.59. The maximum Gasteiger partial charge on any atom is 0.0317 e. The van der Waals surface area contributed by atoms with Crippen LogP contribution >= 0.6 is 24.8 Å². The Labute approximate surface area is 85.1 Å². The van der Waals surface area contributed by atoms with Crippen molar-refractivity contribution in [2.45, 2.75) is 13.5 Å². The van der Waals surface area contributed by atoms with Gasteiger partial charge >= 0.3 is 0 Å². The van der Waals surface area contributed by atoms with Gasteiger partial charge < -0.3 is 11.5 Å². The van der Waals surface area contributed by atoms with E-state index >= 15 is 0 Å². The summed E-state index contributed by atoms with van der Waals surface area (Å²) >= 11 is 0. The molecule has 4 N–H and O–H groups in total. The van der Waals surface area contributed by atoms with Crippen LogP contribution < -0.4 is 11.5 Å². The zero-order chi connectivity index (χ0) is 7.56. The Morgan fingerprint density at radius 3 is 2.25 bits per heavy atom. The summed E-state index contributed by atoms with van der Waals surface area (Å²) in [5.41, 5.74) is 14.1. The van der Waals surface area contributed by atoms with E-state index in [1.165, 1.54) is 5.56 Å². The first-order valence-electron chi connectivity index (χ1n) is 3.29. The third kappa shape index (κ3) is 3.30. The van der Waals surface area contributed by atoms with Gasteiger partial charge in [0.1, 0.15) is 0 Å². The molecule has 1 rings (SSSR count). The maximum absolute atomic E-state index is 5.55. The molecule has 0 unspecified atom stereocenters. The molecule has 0 aliphatic carbocycles. The maximum atomic E-state index is 5.55. The highest BCUT2D eigenvalue weighted by molar-refractivity contribution is 5.85.